The Morgan fingerprint density at radius 2 is 1.81 bits per heavy atom. The molecule has 1 aliphatic heterocycles. The summed E-state index contributed by atoms with van der Waals surface area (Å²) in [5.74, 6) is 0.507. The van der Waals surface area contributed by atoms with Crippen LogP contribution in [0.1, 0.15) is 11.1 Å². The van der Waals surface area contributed by atoms with Crippen molar-refractivity contribution in [1.29, 1.82) is 0 Å². The van der Waals surface area contributed by atoms with Gasteiger partial charge in [0.25, 0.3) is 0 Å². The Labute approximate surface area is 212 Å². The van der Waals surface area contributed by atoms with Crippen LogP contribution in [-0.4, -0.2) is 10.1 Å². The van der Waals surface area contributed by atoms with E-state index < -0.39 is 0 Å². The number of fused-ring (bicyclic) bond motifs is 3. The average molecular weight is 493 g/mol. The minimum atomic E-state index is -0.315. The quantitative estimate of drug-likeness (QED) is 0.251. The molecule has 2 heterocycles. The average Bonchev–Trinajstić information content (AvgIpc) is 2.88. The topological polar surface area (TPSA) is 75.4 Å². The summed E-state index contributed by atoms with van der Waals surface area (Å²) >= 11 is 6.25. The maximum atomic E-state index is 12.4. The van der Waals surface area contributed by atoms with E-state index in [0.29, 0.717) is 23.5 Å². The van der Waals surface area contributed by atoms with Gasteiger partial charge in [0.2, 0.25) is 5.43 Å². The van der Waals surface area contributed by atoms with Crippen LogP contribution in [0.5, 0.6) is 5.75 Å². The number of phenols is 1. The molecule has 0 saturated carbocycles. The molecule has 1 aliphatic carbocycles. The lowest BCUT2D eigenvalue weighted by molar-refractivity contribution is 0.467. The van der Waals surface area contributed by atoms with Gasteiger partial charge in [0.15, 0.2) is 0 Å². The summed E-state index contributed by atoms with van der Waals surface area (Å²) in [6, 6.07) is 24.5. The number of hydrogen-bond donors (Lipinski definition) is 2. The second-order valence-electron chi connectivity index (χ2n) is 8.74. The molecule has 0 saturated heterocycles. The van der Waals surface area contributed by atoms with Crippen molar-refractivity contribution in [3.63, 3.8) is 0 Å². The lowest BCUT2D eigenvalue weighted by Crippen LogP contribution is -2.05. The largest absolute Gasteiger partial charge is 0.507 e. The molecule has 176 valence electrons. The predicted molar refractivity (Wildman–Crippen MR) is 145 cm³/mol. The molecule has 36 heavy (non-hydrogen) atoms. The number of phenolic OH excluding ortho intramolecular Hbond substituents is 1. The zero-order chi connectivity index (χ0) is 24.8. The first kappa shape index (κ1) is 22.1. The molecule has 2 aliphatic rings. The molecule has 0 atom stereocenters. The van der Waals surface area contributed by atoms with Crippen LogP contribution in [0, 0.1) is 6.92 Å². The van der Waals surface area contributed by atoms with Crippen LogP contribution in [0.3, 0.4) is 0 Å². The Morgan fingerprint density at radius 1 is 0.972 bits per heavy atom. The highest BCUT2D eigenvalue weighted by Gasteiger charge is 2.22. The van der Waals surface area contributed by atoms with E-state index in [2.05, 4.69) is 10.3 Å². The van der Waals surface area contributed by atoms with E-state index in [4.69, 9.17) is 16.0 Å². The summed E-state index contributed by atoms with van der Waals surface area (Å²) in [5.41, 5.74) is 6.17. The van der Waals surface area contributed by atoms with E-state index in [1.54, 1.807) is 18.3 Å². The number of aromatic hydroxyl groups is 1. The van der Waals surface area contributed by atoms with Crippen LogP contribution < -0.4 is 10.7 Å². The first-order valence-corrected chi connectivity index (χ1v) is 11.9. The molecule has 4 aromatic rings. The number of aromatic nitrogens is 1. The van der Waals surface area contributed by atoms with Crippen molar-refractivity contribution < 1.29 is 9.52 Å². The zero-order valence-electron chi connectivity index (χ0n) is 19.4. The summed E-state index contributed by atoms with van der Waals surface area (Å²) in [7, 11) is 0. The third kappa shape index (κ3) is 3.65. The number of rotatable bonds is 4. The molecule has 5 nitrogen and oxygen atoms in total. The van der Waals surface area contributed by atoms with E-state index >= 15 is 0 Å². The van der Waals surface area contributed by atoms with E-state index in [1.807, 2.05) is 67.6 Å². The first-order valence-electron chi connectivity index (χ1n) is 11.6. The van der Waals surface area contributed by atoms with Crippen LogP contribution in [0.4, 0.5) is 5.69 Å². The summed E-state index contributed by atoms with van der Waals surface area (Å²) in [5, 5.41) is 16.3. The summed E-state index contributed by atoms with van der Waals surface area (Å²) in [4.78, 5) is 16.9. The summed E-state index contributed by atoms with van der Waals surface area (Å²) in [6.07, 6.45) is 1.75. The maximum absolute atomic E-state index is 12.4. The lowest BCUT2D eigenvalue weighted by Gasteiger charge is -2.19. The number of hydrogen-bond acceptors (Lipinski definition) is 5. The number of para-hydroxylation sites is 1. The molecular weight excluding hydrogens is 472 g/mol. The van der Waals surface area contributed by atoms with Gasteiger partial charge < -0.3 is 14.8 Å². The maximum Gasteiger partial charge on any atom is 0.200 e. The Balaban J connectivity index is 1.59. The van der Waals surface area contributed by atoms with Crippen molar-refractivity contribution in [2.24, 2.45) is 0 Å². The minimum absolute atomic E-state index is 0.0957. The number of nitrogens with zero attached hydrogens (tertiary/aromatic N) is 1. The third-order valence-corrected chi connectivity index (χ3v) is 6.82. The van der Waals surface area contributed by atoms with Crippen LogP contribution in [0.2, 0.25) is 5.02 Å². The second kappa shape index (κ2) is 8.70. The molecule has 0 radical (unpaired) electrons. The molecule has 2 N–H and O–H groups in total. The van der Waals surface area contributed by atoms with Crippen LogP contribution in [0.15, 0.2) is 94.3 Å². The standard InChI is InChI=1S/C30H21ClN2O3/c1-17-6-2-3-9-19(17)28-20-11-12-25(34)22(30(20)36-27-15-26(35)23(31)14-21(27)28)16-33-24-10-4-7-18-8-5-13-32-29(18)24/h2-15,33-34H,16H2,1H3. The monoisotopic (exact) mass is 492 g/mol. The zero-order valence-corrected chi connectivity index (χ0v) is 20.1. The highest BCUT2D eigenvalue weighted by molar-refractivity contribution is 6.31. The smallest absolute Gasteiger partial charge is 0.200 e. The molecule has 3 aromatic carbocycles. The number of anilines is 1. The SMILES string of the molecule is Cc1ccccc1-c1c2cc(Cl)c(=O)cc-2oc2c(CNc3cccc4cccnc34)c(O)ccc12. The van der Waals surface area contributed by atoms with Crippen molar-refractivity contribution in [2.45, 2.75) is 13.5 Å². The third-order valence-electron chi connectivity index (χ3n) is 6.52. The van der Waals surface area contributed by atoms with Gasteiger partial charge in [0, 0.05) is 40.7 Å². The van der Waals surface area contributed by atoms with Gasteiger partial charge in [-0.3, -0.25) is 9.78 Å². The normalized spacial score (nSPS) is 11.4. The number of pyridine rings is 1. The highest BCUT2D eigenvalue weighted by atomic mass is 35.5. The number of halogens is 1. The Kier molecular flexibility index (Phi) is 5.35. The van der Waals surface area contributed by atoms with Crippen LogP contribution in [-0.2, 0) is 6.54 Å². The van der Waals surface area contributed by atoms with Gasteiger partial charge in [-0.1, -0.05) is 54.1 Å². The Hall–Kier alpha value is -4.35. The number of benzene rings is 4. The van der Waals surface area contributed by atoms with Crippen LogP contribution >= 0.6 is 11.6 Å². The fourth-order valence-corrected chi connectivity index (χ4v) is 4.91. The molecular formula is C30H21ClN2O3. The van der Waals surface area contributed by atoms with Gasteiger partial charge in [-0.2, -0.15) is 0 Å². The molecule has 0 fully saturated rings. The van der Waals surface area contributed by atoms with Gasteiger partial charge >= 0.3 is 0 Å². The summed E-state index contributed by atoms with van der Waals surface area (Å²) < 4.78 is 6.30. The molecule has 6 rings (SSSR count). The molecule has 1 aromatic heterocycles. The number of nitrogens with one attached hydrogen (secondary N) is 1. The van der Waals surface area contributed by atoms with E-state index in [9.17, 15) is 9.90 Å². The highest BCUT2D eigenvalue weighted by Crippen LogP contribution is 2.44. The minimum Gasteiger partial charge on any atom is -0.507 e. The van der Waals surface area contributed by atoms with Crippen molar-refractivity contribution in [3.05, 3.63) is 111 Å². The van der Waals surface area contributed by atoms with Crippen molar-refractivity contribution in [3.8, 4) is 28.2 Å². The lowest BCUT2D eigenvalue weighted by atomic mass is 9.90. The van der Waals surface area contributed by atoms with E-state index in [0.717, 1.165) is 44.2 Å². The van der Waals surface area contributed by atoms with E-state index in [1.165, 1.54) is 6.07 Å². The van der Waals surface area contributed by atoms with Crippen LogP contribution in [0.25, 0.3) is 44.3 Å². The van der Waals surface area contributed by atoms with Gasteiger partial charge in [-0.15, -0.1) is 0 Å². The Morgan fingerprint density at radius 3 is 2.67 bits per heavy atom. The molecule has 0 spiro atoms. The fraction of sp³-hybridized carbons (Fsp3) is 0.0667. The number of aryl methyl sites for hydroxylation is 1. The second-order valence-corrected chi connectivity index (χ2v) is 9.15. The Bertz CT molecular complexity index is 1800. The van der Waals surface area contributed by atoms with Crippen molar-refractivity contribution >= 4 is 39.2 Å². The van der Waals surface area contributed by atoms with Crippen molar-refractivity contribution in [1.82, 2.24) is 4.98 Å². The molecule has 0 amide bonds. The predicted octanol–water partition coefficient (Wildman–Crippen LogP) is 7.39. The van der Waals surface area contributed by atoms with Gasteiger partial charge in [0.05, 0.1) is 21.8 Å². The molecule has 6 heteroatoms. The fourth-order valence-electron chi connectivity index (χ4n) is 4.75. The van der Waals surface area contributed by atoms with Gasteiger partial charge in [-0.25, -0.2) is 0 Å². The van der Waals surface area contributed by atoms with Crippen molar-refractivity contribution in [2.75, 3.05) is 5.32 Å². The summed E-state index contributed by atoms with van der Waals surface area (Å²) in [6.45, 7) is 2.33. The molecule has 0 bridgehead atoms. The van der Waals surface area contributed by atoms with Gasteiger partial charge in [0.1, 0.15) is 17.1 Å². The van der Waals surface area contributed by atoms with E-state index in [-0.39, 0.29) is 16.2 Å². The van der Waals surface area contributed by atoms with Gasteiger partial charge in [-0.05, 0) is 48.4 Å². The first-order chi connectivity index (χ1) is 17.5. The molecule has 0 unspecified atom stereocenters.